The Morgan fingerprint density at radius 1 is 0.933 bits per heavy atom. The number of nitrogens with one attached hydrogen (secondary N) is 1. The van der Waals surface area contributed by atoms with Crippen LogP contribution in [0.5, 0.6) is 0 Å². The molecule has 0 bridgehead atoms. The van der Waals surface area contributed by atoms with Gasteiger partial charge in [0.05, 0.1) is 10.7 Å². The minimum Gasteiger partial charge on any atom is -0.451 e. The lowest BCUT2D eigenvalue weighted by Gasteiger charge is -2.07. The van der Waals surface area contributed by atoms with Crippen LogP contribution in [0.4, 0.5) is 5.69 Å². The molecule has 30 heavy (non-hydrogen) atoms. The summed E-state index contributed by atoms with van der Waals surface area (Å²) in [4.78, 5) is 17.3. The number of oxazole rings is 1. The molecule has 0 saturated heterocycles. The van der Waals surface area contributed by atoms with Crippen LogP contribution in [0.25, 0.3) is 33.5 Å². The normalized spacial score (nSPS) is 11.3. The summed E-state index contributed by atoms with van der Waals surface area (Å²) in [6.07, 6.45) is 0. The van der Waals surface area contributed by atoms with Gasteiger partial charge < -0.3 is 14.2 Å². The first-order valence-corrected chi connectivity index (χ1v) is 9.83. The molecule has 0 saturated carbocycles. The van der Waals surface area contributed by atoms with Gasteiger partial charge in [-0.05, 0) is 67.4 Å². The molecule has 6 heteroatoms. The molecular formula is C24H17ClN2O3. The van der Waals surface area contributed by atoms with Gasteiger partial charge in [-0.25, -0.2) is 4.98 Å². The first-order valence-electron chi connectivity index (χ1n) is 9.45. The van der Waals surface area contributed by atoms with Crippen molar-refractivity contribution in [1.29, 1.82) is 0 Å². The predicted molar refractivity (Wildman–Crippen MR) is 118 cm³/mol. The Kier molecular flexibility index (Phi) is 4.33. The molecule has 0 spiro atoms. The number of hydrogen-bond donors (Lipinski definition) is 1. The van der Waals surface area contributed by atoms with Crippen LogP contribution in [0.3, 0.4) is 0 Å². The fourth-order valence-electron chi connectivity index (χ4n) is 3.34. The van der Waals surface area contributed by atoms with Crippen LogP contribution in [-0.4, -0.2) is 10.9 Å². The number of benzene rings is 3. The van der Waals surface area contributed by atoms with Gasteiger partial charge in [-0.1, -0.05) is 29.8 Å². The molecule has 0 atom stereocenters. The second kappa shape index (κ2) is 7.04. The zero-order chi connectivity index (χ0) is 20.8. The van der Waals surface area contributed by atoms with Gasteiger partial charge in [0.2, 0.25) is 5.89 Å². The first-order chi connectivity index (χ1) is 14.5. The number of para-hydroxylation sites is 1. The van der Waals surface area contributed by atoms with Gasteiger partial charge in [-0.3, -0.25) is 4.79 Å². The van der Waals surface area contributed by atoms with Crippen LogP contribution in [0, 0.1) is 13.8 Å². The number of halogens is 1. The minimum absolute atomic E-state index is 0.213. The summed E-state index contributed by atoms with van der Waals surface area (Å²) in [5.74, 6) is 0.297. The minimum atomic E-state index is -0.380. The van der Waals surface area contributed by atoms with Crippen molar-refractivity contribution in [1.82, 2.24) is 4.98 Å². The first kappa shape index (κ1) is 18.5. The highest BCUT2D eigenvalue weighted by molar-refractivity contribution is 6.34. The number of carbonyl (C=O) groups is 1. The monoisotopic (exact) mass is 416 g/mol. The molecule has 3 aromatic carbocycles. The molecule has 0 aliphatic heterocycles. The average molecular weight is 417 g/mol. The lowest BCUT2D eigenvalue weighted by atomic mass is 10.1. The van der Waals surface area contributed by atoms with Gasteiger partial charge in [0, 0.05) is 10.9 Å². The van der Waals surface area contributed by atoms with Crippen LogP contribution < -0.4 is 5.32 Å². The van der Waals surface area contributed by atoms with Crippen molar-refractivity contribution in [3.63, 3.8) is 0 Å². The van der Waals surface area contributed by atoms with Crippen molar-refractivity contribution in [2.24, 2.45) is 0 Å². The van der Waals surface area contributed by atoms with Gasteiger partial charge in [-0.2, -0.15) is 0 Å². The Labute approximate surface area is 177 Å². The number of rotatable bonds is 3. The number of amides is 1. The van der Waals surface area contributed by atoms with Crippen LogP contribution in [0.1, 0.15) is 21.7 Å². The van der Waals surface area contributed by atoms with E-state index in [9.17, 15) is 4.79 Å². The quantitative estimate of drug-likeness (QED) is 0.352. The molecule has 2 aromatic heterocycles. The van der Waals surface area contributed by atoms with E-state index in [0.717, 1.165) is 27.6 Å². The summed E-state index contributed by atoms with van der Waals surface area (Å²) in [6.45, 7) is 4.07. The molecule has 148 valence electrons. The van der Waals surface area contributed by atoms with Crippen molar-refractivity contribution in [2.45, 2.75) is 13.8 Å². The second-order valence-electron chi connectivity index (χ2n) is 7.22. The molecule has 5 rings (SSSR count). The van der Waals surface area contributed by atoms with Crippen LogP contribution in [0.15, 0.2) is 69.5 Å². The van der Waals surface area contributed by atoms with Crippen LogP contribution >= 0.6 is 11.6 Å². The largest absolute Gasteiger partial charge is 0.451 e. The zero-order valence-electron chi connectivity index (χ0n) is 16.3. The highest BCUT2D eigenvalue weighted by atomic mass is 35.5. The van der Waals surface area contributed by atoms with E-state index in [0.29, 0.717) is 27.7 Å². The Morgan fingerprint density at radius 3 is 2.57 bits per heavy atom. The number of hydrogen-bond acceptors (Lipinski definition) is 4. The van der Waals surface area contributed by atoms with Crippen LogP contribution in [-0.2, 0) is 0 Å². The molecule has 0 fully saturated rings. The molecule has 5 nitrogen and oxygen atoms in total. The van der Waals surface area contributed by atoms with Gasteiger partial charge in [0.15, 0.2) is 11.3 Å². The maximum atomic E-state index is 12.7. The predicted octanol–water partition coefficient (Wildman–Crippen LogP) is 6.76. The SMILES string of the molecule is Cc1cc2nc(-c3ccc(Cl)c(NC(=O)c4cc5ccccc5o4)c3)oc2cc1C. The van der Waals surface area contributed by atoms with Crippen LogP contribution in [0.2, 0.25) is 5.02 Å². The molecule has 2 heterocycles. The van der Waals surface area contributed by atoms with E-state index in [1.54, 1.807) is 18.2 Å². The summed E-state index contributed by atoms with van der Waals surface area (Å²) in [5.41, 5.74) is 5.61. The summed E-state index contributed by atoms with van der Waals surface area (Å²) in [6, 6.07) is 18.4. The average Bonchev–Trinajstić information content (AvgIpc) is 3.34. The molecular weight excluding hydrogens is 400 g/mol. The molecule has 0 unspecified atom stereocenters. The number of carbonyl (C=O) groups excluding carboxylic acids is 1. The summed E-state index contributed by atoms with van der Waals surface area (Å²) in [5, 5.41) is 4.08. The molecule has 1 amide bonds. The van der Waals surface area contributed by atoms with E-state index < -0.39 is 0 Å². The van der Waals surface area contributed by atoms with E-state index in [-0.39, 0.29) is 11.7 Å². The Morgan fingerprint density at radius 2 is 1.73 bits per heavy atom. The highest BCUT2D eigenvalue weighted by Crippen LogP contribution is 2.32. The topological polar surface area (TPSA) is 68.3 Å². The van der Waals surface area contributed by atoms with Crippen molar-refractivity contribution < 1.29 is 13.6 Å². The number of fused-ring (bicyclic) bond motifs is 2. The number of aryl methyl sites for hydroxylation is 2. The van der Waals surface area contributed by atoms with E-state index in [1.165, 1.54) is 0 Å². The number of furan rings is 1. The van der Waals surface area contributed by atoms with Gasteiger partial charge in [0.25, 0.3) is 5.91 Å². The third kappa shape index (κ3) is 3.23. The Bertz CT molecular complexity index is 1360. The summed E-state index contributed by atoms with van der Waals surface area (Å²) >= 11 is 6.32. The summed E-state index contributed by atoms with van der Waals surface area (Å²) < 4.78 is 11.6. The number of anilines is 1. The highest BCUT2D eigenvalue weighted by Gasteiger charge is 2.16. The molecule has 0 radical (unpaired) electrons. The fraction of sp³-hybridized carbons (Fsp3) is 0.0833. The molecule has 5 aromatic rings. The third-order valence-electron chi connectivity index (χ3n) is 5.11. The van der Waals surface area contributed by atoms with E-state index in [4.69, 9.17) is 20.4 Å². The fourth-order valence-corrected chi connectivity index (χ4v) is 3.50. The summed E-state index contributed by atoms with van der Waals surface area (Å²) in [7, 11) is 0. The van der Waals surface area contributed by atoms with E-state index >= 15 is 0 Å². The van der Waals surface area contributed by atoms with Crippen molar-refractivity contribution in [3.8, 4) is 11.5 Å². The molecule has 1 N–H and O–H groups in total. The Hall–Kier alpha value is -3.57. The van der Waals surface area contributed by atoms with Gasteiger partial charge in [-0.15, -0.1) is 0 Å². The van der Waals surface area contributed by atoms with Crippen molar-refractivity contribution in [3.05, 3.63) is 82.6 Å². The standard InChI is InChI=1S/C24H17ClN2O3/c1-13-9-19-21(10-14(13)2)30-24(27-19)16-7-8-17(25)18(11-16)26-23(28)22-12-15-5-3-4-6-20(15)29-22/h3-12H,1-2H3,(H,26,28). The van der Waals surface area contributed by atoms with Gasteiger partial charge in [0.1, 0.15) is 11.1 Å². The maximum absolute atomic E-state index is 12.7. The smallest absolute Gasteiger partial charge is 0.291 e. The maximum Gasteiger partial charge on any atom is 0.291 e. The third-order valence-corrected chi connectivity index (χ3v) is 5.44. The van der Waals surface area contributed by atoms with Crippen molar-refractivity contribution in [2.75, 3.05) is 5.32 Å². The van der Waals surface area contributed by atoms with E-state index in [2.05, 4.69) is 10.3 Å². The Balaban J connectivity index is 1.48. The number of nitrogens with zero attached hydrogens (tertiary/aromatic N) is 1. The van der Waals surface area contributed by atoms with E-state index in [1.807, 2.05) is 56.3 Å². The lowest BCUT2D eigenvalue weighted by Crippen LogP contribution is -2.11. The van der Waals surface area contributed by atoms with Crippen molar-refractivity contribution >= 4 is 45.3 Å². The second-order valence-corrected chi connectivity index (χ2v) is 7.63. The number of aromatic nitrogens is 1. The molecule has 0 aliphatic rings. The lowest BCUT2D eigenvalue weighted by molar-refractivity contribution is 0.0998. The zero-order valence-corrected chi connectivity index (χ0v) is 17.1. The molecule has 0 aliphatic carbocycles. The van der Waals surface area contributed by atoms with Gasteiger partial charge >= 0.3 is 0 Å².